The number of aromatic carboxylic acids is 1. The van der Waals surface area contributed by atoms with Crippen LogP contribution in [0.25, 0.3) is 0 Å². The van der Waals surface area contributed by atoms with Crippen molar-refractivity contribution in [3.05, 3.63) is 29.8 Å². The van der Waals surface area contributed by atoms with Crippen LogP contribution >= 0.6 is 12.2 Å². The molecule has 0 aliphatic carbocycles. The van der Waals surface area contributed by atoms with E-state index in [2.05, 4.69) is 15.9 Å². The van der Waals surface area contributed by atoms with Crippen molar-refractivity contribution in [2.24, 2.45) is 10.4 Å². The molecule has 1 heterocycles. The maximum atomic E-state index is 10.6. The summed E-state index contributed by atoms with van der Waals surface area (Å²) in [4.78, 5) is 10.6. The normalized spacial score (nSPS) is 14.1. The van der Waals surface area contributed by atoms with Gasteiger partial charge in [0.2, 0.25) is 5.11 Å². The third kappa shape index (κ3) is 1.77. The number of anilines is 1. The fraction of sp³-hybridized carbons (Fsp3) is 0. The molecule has 15 heavy (non-hydrogen) atoms. The van der Waals surface area contributed by atoms with Gasteiger partial charge in [-0.05, 0) is 46.9 Å². The van der Waals surface area contributed by atoms with Crippen molar-refractivity contribution in [1.82, 2.24) is 5.43 Å². The zero-order valence-corrected chi connectivity index (χ0v) is 8.18. The summed E-state index contributed by atoms with van der Waals surface area (Å²) in [5, 5.41) is 17.3. The third-order valence-corrected chi connectivity index (χ3v) is 2.05. The molecule has 0 spiro atoms. The Morgan fingerprint density at radius 3 is 2.47 bits per heavy atom. The van der Waals surface area contributed by atoms with E-state index in [9.17, 15) is 4.79 Å². The van der Waals surface area contributed by atoms with Crippen LogP contribution in [0.2, 0.25) is 0 Å². The van der Waals surface area contributed by atoms with E-state index in [0.29, 0.717) is 5.69 Å². The predicted molar refractivity (Wildman–Crippen MR) is 55.5 cm³/mol. The van der Waals surface area contributed by atoms with Crippen LogP contribution in [0.15, 0.2) is 34.7 Å². The molecule has 1 aromatic carbocycles. The Kier molecular flexibility index (Phi) is 2.30. The van der Waals surface area contributed by atoms with Crippen molar-refractivity contribution in [2.75, 3.05) is 5.01 Å². The van der Waals surface area contributed by atoms with Crippen LogP contribution in [0.5, 0.6) is 0 Å². The molecule has 7 heteroatoms. The number of carbonyl (C=O) groups is 1. The van der Waals surface area contributed by atoms with Crippen molar-refractivity contribution in [3.63, 3.8) is 0 Å². The number of carboxylic acid groups (broad SMARTS) is 1. The van der Waals surface area contributed by atoms with Crippen LogP contribution < -0.4 is 10.4 Å². The summed E-state index contributed by atoms with van der Waals surface area (Å²) in [6, 6.07) is 6.12. The van der Waals surface area contributed by atoms with Gasteiger partial charge in [0, 0.05) is 0 Å². The number of hydrogen-bond donors (Lipinski definition) is 1. The minimum Gasteiger partial charge on any atom is -0.478 e. The fourth-order valence-electron chi connectivity index (χ4n) is 1.09. The van der Waals surface area contributed by atoms with E-state index in [1.807, 2.05) is 0 Å². The number of carboxylic acids is 1. The van der Waals surface area contributed by atoms with Gasteiger partial charge in [0.25, 0.3) is 0 Å². The van der Waals surface area contributed by atoms with E-state index in [-0.39, 0.29) is 10.7 Å². The molecular formula is C8H5N4O2S. The minimum atomic E-state index is -0.975. The number of nitrogens with zero attached hydrogens (tertiary/aromatic N) is 4. The summed E-state index contributed by atoms with van der Waals surface area (Å²) in [6.07, 6.45) is 0. The van der Waals surface area contributed by atoms with Crippen LogP contribution in [0.1, 0.15) is 10.4 Å². The molecule has 75 valence electrons. The van der Waals surface area contributed by atoms with Crippen LogP contribution in [0.4, 0.5) is 5.69 Å². The molecule has 2 rings (SSSR count). The topological polar surface area (TPSA) is 79.4 Å². The van der Waals surface area contributed by atoms with E-state index in [4.69, 9.17) is 17.3 Å². The predicted octanol–water partition coefficient (Wildman–Crippen LogP) is 1.38. The second-order valence-corrected chi connectivity index (χ2v) is 3.09. The average Bonchev–Trinajstić information content (AvgIpc) is 2.65. The monoisotopic (exact) mass is 221 g/mol. The van der Waals surface area contributed by atoms with Gasteiger partial charge in [-0.2, -0.15) is 5.01 Å². The fourth-order valence-corrected chi connectivity index (χ4v) is 1.26. The highest BCUT2D eigenvalue weighted by molar-refractivity contribution is 7.80. The number of thiocarbonyl (C=S) groups is 1. The van der Waals surface area contributed by atoms with Gasteiger partial charge in [-0.25, -0.2) is 4.79 Å². The lowest BCUT2D eigenvalue weighted by Gasteiger charge is -2.09. The highest BCUT2D eigenvalue weighted by atomic mass is 32.1. The summed E-state index contributed by atoms with van der Waals surface area (Å²) < 4.78 is 0. The second kappa shape index (κ2) is 3.62. The summed E-state index contributed by atoms with van der Waals surface area (Å²) in [7, 11) is 0. The molecular weight excluding hydrogens is 216 g/mol. The van der Waals surface area contributed by atoms with Crippen molar-refractivity contribution >= 4 is 29.0 Å². The van der Waals surface area contributed by atoms with E-state index >= 15 is 0 Å². The first-order chi connectivity index (χ1) is 7.18. The molecule has 0 unspecified atom stereocenters. The van der Waals surface area contributed by atoms with E-state index < -0.39 is 5.97 Å². The lowest BCUT2D eigenvalue weighted by Crippen LogP contribution is -2.22. The maximum Gasteiger partial charge on any atom is 0.335 e. The van der Waals surface area contributed by atoms with E-state index in [0.717, 1.165) is 0 Å². The van der Waals surface area contributed by atoms with Gasteiger partial charge in [-0.1, -0.05) is 5.43 Å². The molecule has 1 aromatic rings. The summed E-state index contributed by atoms with van der Waals surface area (Å²) >= 11 is 4.86. The molecule has 6 nitrogen and oxygen atoms in total. The van der Waals surface area contributed by atoms with Crippen molar-refractivity contribution in [1.29, 1.82) is 0 Å². The van der Waals surface area contributed by atoms with Crippen molar-refractivity contribution < 1.29 is 9.90 Å². The smallest absolute Gasteiger partial charge is 0.335 e. The van der Waals surface area contributed by atoms with Gasteiger partial charge in [-0.3, -0.25) is 0 Å². The molecule has 0 saturated carbocycles. The molecule has 1 aliphatic heterocycles. The van der Waals surface area contributed by atoms with Gasteiger partial charge in [0.15, 0.2) is 0 Å². The molecule has 0 bridgehead atoms. The molecule has 1 N–H and O–H groups in total. The first kappa shape index (κ1) is 9.53. The molecule has 0 fully saturated rings. The summed E-state index contributed by atoms with van der Waals surface area (Å²) in [5.74, 6) is -0.975. The number of hydrogen-bond acceptors (Lipinski definition) is 4. The molecule has 0 aromatic heterocycles. The average molecular weight is 221 g/mol. The molecule has 0 saturated heterocycles. The van der Waals surface area contributed by atoms with Gasteiger partial charge in [0.1, 0.15) is 0 Å². The van der Waals surface area contributed by atoms with Gasteiger partial charge >= 0.3 is 5.97 Å². The van der Waals surface area contributed by atoms with Crippen LogP contribution in [-0.4, -0.2) is 16.2 Å². The lowest BCUT2D eigenvalue weighted by molar-refractivity contribution is 0.0697. The summed E-state index contributed by atoms with van der Waals surface area (Å²) in [5.41, 5.74) is 4.39. The standard InChI is InChI=1S/C8H5N4O2S/c13-7(14)5-1-3-6(4-2-5)12-8(15)9-10-11-12/h1-4H,(H,13,14). The quantitative estimate of drug-likeness (QED) is 0.765. The highest BCUT2D eigenvalue weighted by Crippen LogP contribution is 2.18. The van der Waals surface area contributed by atoms with E-state index in [1.165, 1.54) is 17.1 Å². The van der Waals surface area contributed by atoms with Crippen molar-refractivity contribution in [3.8, 4) is 0 Å². The molecule has 1 radical (unpaired) electrons. The molecule has 1 aliphatic rings. The van der Waals surface area contributed by atoms with Crippen LogP contribution in [-0.2, 0) is 0 Å². The largest absolute Gasteiger partial charge is 0.478 e. The van der Waals surface area contributed by atoms with Crippen molar-refractivity contribution in [2.45, 2.75) is 0 Å². The molecule has 0 amide bonds. The summed E-state index contributed by atoms with van der Waals surface area (Å²) in [6.45, 7) is 0. The Hall–Kier alpha value is -2.02. The lowest BCUT2D eigenvalue weighted by atomic mass is 10.2. The zero-order chi connectivity index (χ0) is 10.8. The van der Waals surface area contributed by atoms with Crippen LogP contribution in [0, 0.1) is 0 Å². The SMILES string of the molecule is O=C(O)c1ccc(N2N=N[N]C2=S)cc1. The Labute approximate surface area is 90.2 Å². The highest BCUT2D eigenvalue weighted by Gasteiger charge is 2.18. The second-order valence-electron chi connectivity index (χ2n) is 2.73. The Bertz CT molecular complexity index is 442. The Balaban J connectivity index is 2.27. The Morgan fingerprint density at radius 1 is 1.33 bits per heavy atom. The zero-order valence-electron chi connectivity index (χ0n) is 7.36. The van der Waals surface area contributed by atoms with Gasteiger partial charge in [0.05, 0.1) is 11.3 Å². The molecule has 0 atom stereocenters. The first-order valence-electron chi connectivity index (χ1n) is 3.97. The van der Waals surface area contributed by atoms with E-state index in [1.54, 1.807) is 12.1 Å². The first-order valence-corrected chi connectivity index (χ1v) is 4.38. The number of benzene rings is 1. The van der Waals surface area contributed by atoms with Crippen LogP contribution in [0.3, 0.4) is 0 Å². The number of rotatable bonds is 2. The van der Waals surface area contributed by atoms with Gasteiger partial charge in [-0.15, -0.1) is 0 Å². The Morgan fingerprint density at radius 2 is 2.00 bits per heavy atom. The minimum absolute atomic E-state index is 0.206. The van der Waals surface area contributed by atoms with Gasteiger partial charge < -0.3 is 5.11 Å². The third-order valence-electron chi connectivity index (χ3n) is 1.80. The maximum absolute atomic E-state index is 10.6.